The number of hydrogen-bond acceptors (Lipinski definition) is 3. The summed E-state index contributed by atoms with van der Waals surface area (Å²) in [5.74, 6) is 0.727. The van der Waals surface area contributed by atoms with Crippen molar-refractivity contribution >= 4 is 11.9 Å². The van der Waals surface area contributed by atoms with Gasteiger partial charge in [0.15, 0.2) is 5.96 Å². The summed E-state index contributed by atoms with van der Waals surface area (Å²) in [5.41, 5.74) is 1.63. The van der Waals surface area contributed by atoms with Gasteiger partial charge in [0.25, 0.3) is 0 Å². The van der Waals surface area contributed by atoms with Crippen LogP contribution in [0.3, 0.4) is 0 Å². The molecule has 1 fully saturated rings. The number of carbonyl (C=O) groups excluding carboxylic acids is 1. The Morgan fingerprint density at radius 1 is 1.23 bits per heavy atom. The molecule has 0 aliphatic carbocycles. The minimum Gasteiger partial charge on any atom is -0.357 e. The van der Waals surface area contributed by atoms with Crippen molar-refractivity contribution in [3.05, 3.63) is 35.1 Å². The average molecular weight is 363 g/mol. The molecule has 1 aromatic carbocycles. The van der Waals surface area contributed by atoms with Gasteiger partial charge in [-0.15, -0.1) is 0 Å². The fraction of sp³-hybridized carbons (Fsp3) is 0.579. The third-order valence-electron chi connectivity index (χ3n) is 4.52. The maximum Gasteiger partial charge on any atom is 0.219 e. The minimum absolute atomic E-state index is 0.153. The smallest absolute Gasteiger partial charge is 0.219 e. The minimum atomic E-state index is -0.187. The van der Waals surface area contributed by atoms with E-state index < -0.39 is 0 Å². The second-order valence-corrected chi connectivity index (χ2v) is 6.55. The molecule has 1 aliphatic rings. The highest BCUT2D eigenvalue weighted by molar-refractivity contribution is 5.79. The summed E-state index contributed by atoms with van der Waals surface area (Å²) in [6.07, 6.45) is 0. The van der Waals surface area contributed by atoms with Crippen LogP contribution in [0, 0.1) is 12.7 Å². The van der Waals surface area contributed by atoms with Crippen molar-refractivity contribution in [2.24, 2.45) is 4.99 Å². The van der Waals surface area contributed by atoms with Gasteiger partial charge in [-0.25, -0.2) is 9.38 Å². The lowest BCUT2D eigenvalue weighted by atomic mass is 10.1. The molecule has 0 saturated carbocycles. The van der Waals surface area contributed by atoms with Crippen LogP contribution in [0.1, 0.15) is 25.0 Å². The van der Waals surface area contributed by atoms with E-state index in [1.165, 1.54) is 6.07 Å². The largest absolute Gasteiger partial charge is 0.357 e. The third kappa shape index (κ3) is 6.29. The summed E-state index contributed by atoms with van der Waals surface area (Å²) >= 11 is 0. The Morgan fingerprint density at radius 2 is 1.96 bits per heavy atom. The van der Waals surface area contributed by atoms with Crippen LogP contribution in [0.2, 0.25) is 0 Å². The van der Waals surface area contributed by atoms with Crippen molar-refractivity contribution in [1.82, 2.24) is 20.4 Å². The number of hydrogen-bond donors (Lipinski definition) is 2. The van der Waals surface area contributed by atoms with Gasteiger partial charge < -0.3 is 15.5 Å². The SMILES string of the molecule is CCNC(=NCc1ccc(F)c(C)c1)NCCN1CCN(C(C)=O)CC1. The molecule has 0 aromatic heterocycles. The van der Waals surface area contributed by atoms with Gasteiger partial charge in [-0.2, -0.15) is 0 Å². The number of aliphatic imine (C=N–C) groups is 1. The summed E-state index contributed by atoms with van der Waals surface area (Å²) in [5, 5.41) is 6.57. The lowest BCUT2D eigenvalue weighted by Crippen LogP contribution is -2.50. The summed E-state index contributed by atoms with van der Waals surface area (Å²) in [6.45, 7) is 11.8. The molecule has 0 spiro atoms. The number of carbonyl (C=O) groups is 1. The third-order valence-corrected chi connectivity index (χ3v) is 4.52. The topological polar surface area (TPSA) is 60.0 Å². The number of rotatable bonds is 6. The van der Waals surface area contributed by atoms with Gasteiger partial charge >= 0.3 is 0 Å². The van der Waals surface area contributed by atoms with Crippen molar-refractivity contribution in [2.75, 3.05) is 45.8 Å². The van der Waals surface area contributed by atoms with Gasteiger partial charge in [0.2, 0.25) is 5.91 Å². The predicted octanol–water partition coefficient (Wildman–Crippen LogP) is 1.35. The van der Waals surface area contributed by atoms with E-state index in [1.54, 1.807) is 19.9 Å². The molecule has 0 radical (unpaired) electrons. The van der Waals surface area contributed by atoms with Crippen LogP contribution in [0.4, 0.5) is 4.39 Å². The maximum absolute atomic E-state index is 13.3. The zero-order valence-electron chi connectivity index (χ0n) is 16.0. The Hall–Kier alpha value is -2.15. The Morgan fingerprint density at radius 3 is 2.58 bits per heavy atom. The molecule has 1 aliphatic heterocycles. The highest BCUT2D eigenvalue weighted by atomic mass is 19.1. The highest BCUT2D eigenvalue weighted by Gasteiger charge is 2.17. The molecule has 1 saturated heterocycles. The molecular formula is C19H30FN5O. The predicted molar refractivity (Wildman–Crippen MR) is 103 cm³/mol. The monoisotopic (exact) mass is 363 g/mol. The lowest BCUT2D eigenvalue weighted by Gasteiger charge is -2.34. The number of benzene rings is 1. The van der Waals surface area contributed by atoms with Gasteiger partial charge in [0.1, 0.15) is 5.82 Å². The molecule has 2 rings (SSSR count). The number of aryl methyl sites for hydroxylation is 1. The number of amides is 1. The number of piperazine rings is 1. The Labute approximate surface area is 155 Å². The van der Waals surface area contributed by atoms with Crippen LogP contribution in [0.25, 0.3) is 0 Å². The Kier molecular flexibility index (Phi) is 7.84. The normalized spacial score (nSPS) is 15.8. The van der Waals surface area contributed by atoms with Crippen molar-refractivity contribution in [1.29, 1.82) is 0 Å². The summed E-state index contributed by atoms with van der Waals surface area (Å²) < 4.78 is 13.3. The number of nitrogens with zero attached hydrogens (tertiary/aromatic N) is 3. The second-order valence-electron chi connectivity index (χ2n) is 6.55. The quantitative estimate of drug-likeness (QED) is 0.592. The molecular weight excluding hydrogens is 333 g/mol. The van der Waals surface area contributed by atoms with Gasteiger partial charge in [-0.3, -0.25) is 9.69 Å². The summed E-state index contributed by atoms with van der Waals surface area (Å²) in [4.78, 5) is 20.2. The maximum atomic E-state index is 13.3. The molecule has 2 N–H and O–H groups in total. The van der Waals surface area contributed by atoms with E-state index in [0.717, 1.165) is 57.3 Å². The Balaban J connectivity index is 1.78. The molecule has 0 bridgehead atoms. The van der Waals surface area contributed by atoms with E-state index in [4.69, 9.17) is 0 Å². The fourth-order valence-electron chi connectivity index (χ4n) is 2.94. The first kappa shape index (κ1) is 20.2. The summed E-state index contributed by atoms with van der Waals surface area (Å²) in [6, 6.07) is 5.09. The van der Waals surface area contributed by atoms with Crippen molar-refractivity contribution in [2.45, 2.75) is 27.3 Å². The van der Waals surface area contributed by atoms with Gasteiger partial charge in [0.05, 0.1) is 6.54 Å². The summed E-state index contributed by atoms with van der Waals surface area (Å²) in [7, 11) is 0. The van der Waals surface area contributed by atoms with Crippen LogP contribution < -0.4 is 10.6 Å². The average Bonchev–Trinajstić information content (AvgIpc) is 2.63. The number of guanidine groups is 1. The molecule has 7 heteroatoms. The van der Waals surface area contributed by atoms with Crippen molar-refractivity contribution in [3.63, 3.8) is 0 Å². The fourth-order valence-corrected chi connectivity index (χ4v) is 2.94. The van der Waals surface area contributed by atoms with E-state index in [1.807, 2.05) is 17.9 Å². The zero-order chi connectivity index (χ0) is 18.9. The molecule has 1 heterocycles. The van der Waals surface area contributed by atoms with Crippen LogP contribution in [0.15, 0.2) is 23.2 Å². The first-order chi connectivity index (χ1) is 12.5. The molecule has 1 aromatic rings. The van der Waals surface area contributed by atoms with Crippen molar-refractivity contribution < 1.29 is 9.18 Å². The molecule has 0 atom stereocenters. The first-order valence-corrected chi connectivity index (χ1v) is 9.24. The lowest BCUT2D eigenvalue weighted by molar-refractivity contribution is -0.130. The first-order valence-electron chi connectivity index (χ1n) is 9.24. The van der Waals surface area contributed by atoms with E-state index in [2.05, 4.69) is 20.5 Å². The molecule has 1 amide bonds. The Bertz CT molecular complexity index is 626. The van der Waals surface area contributed by atoms with Gasteiger partial charge in [-0.05, 0) is 31.0 Å². The van der Waals surface area contributed by atoms with Crippen molar-refractivity contribution in [3.8, 4) is 0 Å². The number of nitrogens with one attached hydrogen (secondary N) is 2. The van der Waals surface area contributed by atoms with Crippen LogP contribution in [0.5, 0.6) is 0 Å². The molecule has 0 unspecified atom stereocenters. The highest BCUT2D eigenvalue weighted by Crippen LogP contribution is 2.10. The van der Waals surface area contributed by atoms with E-state index in [-0.39, 0.29) is 11.7 Å². The molecule has 26 heavy (non-hydrogen) atoms. The molecule has 6 nitrogen and oxygen atoms in total. The van der Waals surface area contributed by atoms with Crippen LogP contribution in [-0.2, 0) is 11.3 Å². The van der Waals surface area contributed by atoms with Gasteiger partial charge in [-0.1, -0.05) is 12.1 Å². The van der Waals surface area contributed by atoms with E-state index >= 15 is 0 Å². The second kappa shape index (κ2) is 10.1. The van der Waals surface area contributed by atoms with Gasteiger partial charge in [0, 0.05) is 52.7 Å². The van der Waals surface area contributed by atoms with E-state index in [9.17, 15) is 9.18 Å². The molecule has 144 valence electrons. The van der Waals surface area contributed by atoms with E-state index in [0.29, 0.717) is 12.1 Å². The zero-order valence-corrected chi connectivity index (χ0v) is 16.0. The van der Waals surface area contributed by atoms with Crippen LogP contribution >= 0.6 is 0 Å². The number of halogens is 1. The van der Waals surface area contributed by atoms with Crippen LogP contribution in [-0.4, -0.2) is 67.5 Å². The standard InChI is InChI=1S/C19H30FN5O/c1-4-21-19(23-14-17-5-6-18(20)15(2)13-17)22-7-8-24-9-11-25(12-10-24)16(3)26/h5-6,13H,4,7-12,14H2,1-3H3,(H2,21,22,23).